The number of nitrogens with one attached hydrogen (secondary N) is 1. The summed E-state index contributed by atoms with van der Waals surface area (Å²) < 4.78 is 1.46. The maximum absolute atomic E-state index is 3.27. The van der Waals surface area contributed by atoms with Gasteiger partial charge in [-0.3, -0.25) is 0 Å². The minimum atomic E-state index is 0.596. The first-order valence-electron chi connectivity index (χ1n) is 5.80. The molecule has 1 N–H and O–H groups in total. The summed E-state index contributed by atoms with van der Waals surface area (Å²) in [6.07, 6.45) is 0. The zero-order valence-corrected chi connectivity index (χ0v) is 11.2. The summed E-state index contributed by atoms with van der Waals surface area (Å²) >= 11 is 1.94. The van der Waals surface area contributed by atoms with Gasteiger partial charge in [0.05, 0.1) is 0 Å². The number of aryl methyl sites for hydroxylation is 1. The van der Waals surface area contributed by atoms with Gasteiger partial charge in [-0.25, -0.2) is 0 Å². The number of thiophene rings is 1. The molecule has 0 unspecified atom stereocenters. The Hall–Kier alpha value is -0.860. The van der Waals surface area contributed by atoms with E-state index in [9.17, 15) is 0 Å². The molecule has 0 aliphatic rings. The third kappa shape index (κ3) is 1.87. The molecule has 0 saturated heterocycles. The Labute approximate surface area is 101 Å². The largest absolute Gasteiger partial charge is 0.315 e. The molecule has 0 radical (unpaired) electrons. The second-order valence-electron chi connectivity index (χ2n) is 4.58. The molecular weight excluding hydrogens is 214 g/mol. The fourth-order valence-electron chi connectivity index (χ4n) is 2.25. The van der Waals surface area contributed by atoms with Crippen LogP contribution in [0.5, 0.6) is 0 Å². The molecule has 0 aliphatic carbocycles. The van der Waals surface area contributed by atoms with Crippen molar-refractivity contribution in [3.8, 4) is 0 Å². The second kappa shape index (κ2) is 4.56. The van der Waals surface area contributed by atoms with Crippen LogP contribution in [0, 0.1) is 6.92 Å². The van der Waals surface area contributed by atoms with Crippen LogP contribution in [0.15, 0.2) is 18.2 Å². The van der Waals surface area contributed by atoms with E-state index in [1.807, 2.05) is 18.4 Å². The molecule has 0 aliphatic heterocycles. The Balaban J connectivity index is 2.70. The molecule has 1 heterocycles. The second-order valence-corrected chi connectivity index (χ2v) is 5.68. The van der Waals surface area contributed by atoms with Crippen LogP contribution < -0.4 is 5.32 Å². The molecule has 0 bridgehead atoms. The zero-order valence-electron chi connectivity index (χ0n) is 10.4. The van der Waals surface area contributed by atoms with Gasteiger partial charge in [0.1, 0.15) is 0 Å². The summed E-state index contributed by atoms with van der Waals surface area (Å²) in [5, 5.41) is 4.72. The maximum atomic E-state index is 3.27. The Morgan fingerprint density at radius 2 is 2.06 bits per heavy atom. The Morgan fingerprint density at radius 1 is 1.31 bits per heavy atom. The number of hydrogen-bond acceptors (Lipinski definition) is 2. The van der Waals surface area contributed by atoms with Crippen molar-refractivity contribution in [3.05, 3.63) is 34.2 Å². The van der Waals surface area contributed by atoms with Gasteiger partial charge >= 0.3 is 0 Å². The van der Waals surface area contributed by atoms with Crippen molar-refractivity contribution >= 4 is 21.4 Å². The number of hydrogen-bond donors (Lipinski definition) is 1. The molecule has 2 rings (SSSR count). The molecule has 1 aromatic heterocycles. The van der Waals surface area contributed by atoms with E-state index in [-0.39, 0.29) is 0 Å². The van der Waals surface area contributed by atoms with Crippen molar-refractivity contribution in [2.45, 2.75) is 33.2 Å². The summed E-state index contributed by atoms with van der Waals surface area (Å²) in [5.41, 5.74) is 2.92. The van der Waals surface area contributed by atoms with E-state index < -0.39 is 0 Å². The molecule has 0 atom stereocenters. The highest BCUT2D eigenvalue weighted by atomic mass is 32.1. The van der Waals surface area contributed by atoms with Gasteiger partial charge in [-0.15, -0.1) is 11.3 Å². The first-order valence-corrected chi connectivity index (χ1v) is 6.62. The number of fused-ring (bicyclic) bond motifs is 1. The molecule has 0 saturated carbocycles. The summed E-state index contributed by atoms with van der Waals surface area (Å²) in [6.45, 7) is 7.74. The highest BCUT2D eigenvalue weighted by Crippen LogP contribution is 2.37. The van der Waals surface area contributed by atoms with Gasteiger partial charge in [0.15, 0.2) is 0 Å². The van der Waals surface area contributed by atoms with E-state index >= 15 is 0 Å². The minimum absolute atomic E-state index is 0.596. The lowest BCUT2D eigenvalue weighted by atomic mass is 9.98. The van der Waals surface area contributed by atoms with Gasteiger partial charge < -0.3 is 5.32 Å². The van der Waals surface area contributed by atoms with Crippen molar-refractivity contribution in [2.24, 2.45) is 0 Å². The summed E-state index contributed by atoms with van der Waals surface area (Å²) in [7, 11) is 2.02. The van der Waals surface area contributed by atoms with E-state index in [2.05, 4.69) is 44.3 Å². The number of rotatable bonds is 3. The van der Waals surface area contributed by atoms with E-state index in [0.717, 1.165) is 6.54 Å². The molecule has 2 aromatic rings. The SMILES string of the molecule is CNCc1sc2c(C)cccc2c1C(C)C. The monoisotopic (exact) mass is 233 g/mol. The maximum Gasteiger partial charge on any atom is 0.0378 e. The molecule has 0 amide bonds. The van der Waals surface area contributed by atoms with Crippen LogP contribution in [-0.4, -0.2) is 7.05 Å². The Morgan fingerprint density at radius 3 is 2.69 bits per heavy atom. The van der Waals surface area contributed by atoms with Crippen molar-refractivity contribution in [3.63, 3.8) is 0 Å². The predicted octanol–water partition coefficient (Wildman–Crippen LogP) is 4.05. The third-order valence-electron chi connectivity index (χ3n) is 2.94. The lowest BCUT2D eigenvalue weighted by Gasteiger charge is -2.07. The average Bonchev–Trinajstić information content (AvgIpc) is 2.58. The highest BCUT2D eigenvalue weighted by molar-refractivity contribution is 7.19. The van der Waals surface area contributed by atoms with Crippen LogP contribution >= 0.6 is 11.3 Å². The van der Waals surface area contributed by atoms with Gasteiger partial charge in [0.25, 0.3) is 0 Å². The average molecular weight is 233 g/mol. The standard InChI is InChI=1S/C14H19NS/c1-9(2)13-11-7-5-6-10(3)14(11)16-12(13)8-15-4/h5-7,9,15H,8H2,1-4H3. The first kappa shape index (κ1) is 11.6. The molecule has 1 aromatic carbocycles. The molecule has 86 valence electrons. The summed E-state index contributed by atoms with van der Waals surface area (Å²) in [6, 6.07) is 6.62. The summed E-state index contributed by atoms with van der Waals surface area (Å²) in [5.74, 6) is 0.596. The van der Waals surface area contributed by atoms with Gasteiger partial charge in [-0.05, 0) is 36.4 Å². The molecule has 16 heavy (non-hydrogen) atoms. The molecule has 0 spiro atoms. The van der Waals surface area contributed by atoms with Crippen LogP contribution in [0.3, 0.4) is 0 Å². The molecule has 2 heteroatoms. The van der Waals surface area contributed by atoms with Crippen LogP contribution in [0.25, 0.3) is 10.1 Å². The van der Waals surface area contributed by atoms with Gasteiger partial charge in [-0.2, -0.15) is 0 Å². The number of benzene rings is 1. The normalized spacial score (nSPS) is 11.6. The first-order chi connectivity index (χ1) is 7.65. The van der Waals surface area contributed by atoms with E-state index in [1.54, 1.807) is 0 Å². The zero-order chi connectivity index (χ0) is 11.7. The van der Waals surface area contributed by atoms with Crippen molar-refractivity contribution in [1.29, 1.82) is 0 Å². The van der Waals surface area contributed by atoms with Crippen LogP contribution in [0.4, 0.5) is 0 Å². The third-order valence-corrected chi connectivity index (χ3v) is 4.30. The van der Waals surface area contributed by atoms with Crippen LogP contribution in [0.2, 0.25) is 0 Å². The lowest BCUT2D eigenvalue weighted by Crippen LogP contribution is -2.05. The Kier molecular flexibility index (Phi) is 3.31. The molecular formula is C14H19NS. The quantitative estimate of drug-likeness (QED) is 0.843. The van der Waals surface area contributed by atoms with Crippen LogP contribution in [0.1, 0.15) is 35.8 Å². The van der Waals surface area contributed by atoms with Crippen molar-refractivity contribution < 1.29 is 0 Å². The van der Waals surface area contributed by atoms with E-state index in [0.29, 0.717) is 5.92 Å². The fourth-order valence-corrected chi connectivity index (χ4v) is 3.69. The minimum Gasteiger partial charge on any atom is -0.315 e. The van der Waals surface area contributed by atoms with Gasteiger partial charge in [0, 0.05) is 16.1 Å². The van der Waals surface area contributed by atoms with Crippen LogP contribution in [-0.2, 0) is 6.54 Å². The van der Waals surface area contributed by atoms with Crippen molar-refractivity contribution in [2.75, 3.05) is 7.05 Å². The van der Waals surface area contributed by atoms with Gasteiger partial charge in [0.2, 0.25) is 0 Å². The smallest absolute Gasteiger partial charge is 0.0378 e. The topological polar surface area (TPSA) is 12.0 Å². The van der Waals surface area contributed by atoms with E-state index in [1.165, 1.54) is 26.1 Å². The molecule has 0 fully saturated rings. The predicted molar refractivity (Wildman–Crippen MR) is 73.4 cm³/mol. The fraction of sp³-hybridized carbons (Fsp3) is 0.429. The Bertz CT molecular complexity index is 497. The lowest BCUT2D eigenvalue weighted by molar-refractivity contribution is 0.795. The summed E-state index contributed by atoms with van der Waals surface area (Å²) in [4.78, 5) is 1.49. The van der Waals surface area contributed by atoms with Gasteiger partial charge in [-0.1, -0.05) is 32.0 Å². The van der Waals surface area contributed by atoms with E-state index in [4.69, 9.17) is 0 Å². The highest BCUT2D eigenvalue weighted by Gasteiger charge is 2.15. The van der Waals surface area contributed by atoms with Crippen molar-refractivity contribution in [1.82, 2.24) is 5.32 Å². The molecule has 1 nitrogen and oxygen atoms in total.